The highest BCUT2D eigenvalue weighted by atomic mass is 16.3. The van der Waals surface area contributed by atoms with Crippen molar-refractivity contribution >= 4 is 16.9 Å². The summed E-state index contributed by atoms with van der Waals surface area (Å²) in [6, 6.07) is 13.3. The lowest BCUT2D eigenvalue weighted by molar-refractivity contribution is 0.0589. The summed E-state index contributed by atoms with van der Waals surface area (Å²) in [7, 11) is 0. The highest BCUT2D eigenvalue weighted by molar-refractivity contribution is 5.94. The second-order valence-corrected chi connectivity index (χ2v) is 6.19. The molecule has 1 aliphatic heterocycles. The van der Waals surface area contributed by atoms with Crippen LogP contribution in [0.5, 0.6) is 0 Å². The molecule has 7 heteroatoms. The molecule has 4 aromatic rings. The van der Waals surface area contributed by atoms with Gasteiger partial charge < -0.3 is 14.3 Å². The molecule has 0 saturated carbocycles. The second kappa shape index (κ2) is 5.34. The molecule has 0 atom stereocenters. The van der Waals surface area contributed by atoms with Gasteiger partial charge in [-0.15, -0.1) is 0 Å². The second-order valence-electron chi connectivity index (χ2n) is 6.19. The summed E-state index contributed by atoms with van der Waals surface area (Å²) >= 11 is 0. The highest BCUT2D eigenvalue weighted by Crippen LogP contribution is 2.28. The summed E-state index contributed by atoms with van der Waals surface area (Å²) in [5.41, 5.74) is 3.08. The van der Waals surface area contributed by atoms with Crippen molar-refractivity contribution in [2.45, 2.75) is 5.92 Å². The molecule has 1 aromatic carbocycles. The van der Waals surface area contributed by atoms with Crippen molar-refractivity contribution in [3.05, 3.63) is 60.2 Å². The number of para-hydroxylation sites is 2. The van der Waals surface area contributed by atoms with Crippen LogP contribution in [-0.4, -0.2) is 44.1 Å². The van der Waals surface area contributed by atoms with E-state index in [-0.39, 0.29) is 11.8 Å². The summed E-state index contributed by atoms with van der Waals surface area (Å²) in [5, 5.41) is 6.95. The number of aromatic amines is 2. The van der Waals surface area contributed by atoms with Crippen molar-refractivity contribution in [3.63, 3.8) is 0 Å². The van der Waals surface area contributed by atoms with Crippen molar-refractivity contribution in [3.8, 4) is 11.5 Å². The zero-order valence-corrected chi connectivity index (χ0v) is 13.3. The molecule has 0 unspecified atom stereocenters. The Labute approximate surface area is 142 Å². The van der Waals surface area contributed by atoms with E-state index < -0.39 is 0 Å². The molecule has 0 spiro atoms. The van der Waals surface area contributed by atoms with E-state index in [1.807, 2.05) is 30.3 Å². The first kappa shape index (κ1) is 14.0. The first-order valence-electron chi connectivity index (χ1n) is 8.11. The predicted molar refractivity (Wildman–Crippen MR) is 91.0 cm³/mol. The molecule has 25 heavy (non-hydrogen) atoms. The Morgan fingerprint density at radius 3 is 2.88 bits per heavy atom. The number of amides is 1. The molecule has 0 aliphatic carbocycles. The lowest BCUT2D eigenvalue weighted by Gasteiger charge is -2.37. The maximum atomic E-state index is 12.5. The maximum absolute atomic E-state index is 12.5. The highest BCUT2D eigenvalue weighted by Gasteiger charge is 2.35. The Morgan fingerprint density at radius 1 is 1.20 bits per heavy atom. The van der Waals surface area contributed by atoms with Crippen molar-refractivity contribution in [1.82, 2.24) is 25.1 Å². The van der Waals surface area contributed by atoms with Gasteiger partial charge in [-0.3, -0.25) is 9.89 Å². The van der Waals surface area contributed by atoms with Crippen molar-refractivity contribution in [2.75, 3.05) is 13.1 Å². The number of furan rings is 1. The molecule has 1 aliphatic rings. The average Bonchev–Trinajstić information content (AvgIpc) is 3.32. The van der Waals surface area contributed by atoms with E-state index in [0.717, 1.165) is 16.9 Å². The number of imidazole rings is 1. The Kier molecular flexibility index (Phi) is 3.00. The minimum absolute atomic E-state index is 0.0820. The van der Waals surface area contributed by atoms with Gasteiger partial charge in [-0.25, -0.2) is 4.98 Å². The SMILES string of the molecule is O=C(c1cc(-c2ccco2)[nH]n1)N1CC(c2nc3ccccc3[nH]2)C1. The van der Waals surface area contributed by atoms with Crippen LogP contribution in [0.1, 0.15) is 22.2 Å². The van der Waals surface area contributed by atoms with Gasteiger partial charge in [0, 0.05) is 19.2 Å². The smallest absolute Gasteiger partial charge is 0.274 e. The van der Waals surface area contributed by atoms with Crippen LogP contribution in [-0.2, 0) is 0 Å². The molecule has 7 nitrogen and oxygen atoms in total. The van der Waals surface area contributed by atoms with Gasteiger partial charge in [-0.05, 0) is 24.3 Å². The predicted octanol–water partition coefficient (Wildman–Crippen LogP) is 2.79. The van der Waals surface area contributed by atoms with E-state index in [9.17, 15) is 4.79 Å². The number of fused-ring (bicyclic) bond motifs is 1. The molecule has 5 rings (SSSR count). The number of hydrogen-bond donors (Lipinski definition) is 2. The van der Waals surface area contributed by atoms with Crippen LogP contribution in [0.2, 0.25) is 0 Å². The average molecular weight is 333 g/mol. The van der Waals surface area contributed by atoms with Gasteiger partial charge in [-0.1, -0.05) is 12.1 Å². The molecule has 1 amide bonds. The summed E-state index contributed by atoms with van der Waals surface area (Å²) in [6.07, 6.45) is 1.59. The van der Waals surface area contributed by atoms with E-state index in [1.54, 1.807) is 23.3 Å². The number of likely N-dealkylation sites (tertiary alicyclic amines) is 1. The molecular formula is C18H15N5O2. The Bertz CT molecular complexity index is 1010. The zero-order valence-electron chi connectivity index (χ0n) is 13.3. The lowest BCUT2D eigenvalue weighted by atomic mass is 9.99. The number of rotatable bonds is 3. The number of nitrogens with zero attached hydrogens (tertiary/aromatic N) is 3. The van der Waals surface area contributed by atoms with E-state index >= 15 is 0 Å². The van der Waals surface area contributed by atoms with Crippen LogP contribution < -0.4 is 0 Å². The number of benzene rings is 1. The molecule has 0 radical (unpaired) electrons. The summed E-state index contributed by atoms with van der Waals surface area (Å²) < 4.78 is 5.31. The van der Waals surface area contributed by atoms with Crippen molar-refractivity contribution in [2.24, 2.45) is 0 Å². The van der Waals surface area contributed by atoms with Crippen LogP contribution in [0.3, 0.4) is 0 Å². The van der Waals surface area contributed by atoms with Gasteiger partial charge in [0.25, 0.3) is 5.91 Å². The first-order chi connectivity index (χ1) is 12.3. The van der Waals surface area contributed by atoms with Gasteiger partial charge in [0.1, 0.15) is 11.5 Å². The minimum Gasteiger partial charge on any atom is -0.463 e. The third kappa shape index (κ3) is 2.32. The summed E-state index contributed by atoms with van der Waals surface area (Å²) in [4.78, 5) is 22.3. The van der Waals surface area contributed by atoms with E-state index in [0.29, 0.717) is 30.2 Å². The van der Waals surface area contributed by atoms with Gasteiger partial charge >= 0.3 is 0 Å². The Hall–Kier alpha value is -3.35. The molecule has 4 heterocycles. The molecule has 124 valence electrons. The van der Waals surface area contributed by atoms with Crippen molar-refractivity contribution in [1.29, 1.82) is 0 Å². The third-order valence-corrected chi connectivity index (χ3v) is 4.55. The fourth-order valence-corrected chi connectivity index (χ4v) is 3.13. The number of carbonyl (C=O) groups is 1. The fourth-order valence-electron chi connectivity index (χ4n) is 3.13. The normalized spacial score (nSPS) is 14.8. The monoisotopic (exact) mass is 333 g/mol. The third-order valence-electron chi connectivity index (χ3n) is 4.55. The van der Waals surface area contributed by atoms with E-state index in [2.05, 4.69) is 20.2 Å². The zero-order chi connectivity index (χ0) is 16.8. The Balaban J connectivity index is 1.29. The Morgan fingerprint density at radius 2 is 2.08 bits per heavy atom. The molecular weight excluding hydrogens is 318 g/mol. The topological polar surface area (TPSA) is 90.8 Å². The number of carbonyl (C=O) groups excluding carboxylic acids is 1. The molecule has 0 bridgehead atoms. The lowest BCUT2D eigenvalue weighted by Crippen LogP contribution is -2.48. The number of H-pyrrole nitrogens is 2. The first-order valence-corrected chi connectivity index (χ1v) is 8.11. The molecule has 2 N–H and O–H groups in total. The summed E-state index contributed by atoms with van der Waals surface area (Å²) in [6.45, 7) is 1.28. The standard InChI is InChI=1S/C18H15N5O2/c24-18(15-8-14(21-22-15)16-6-3-7-25-16)23-9-11(10-23)17-19-12-4-1-2-5-13(12)20-17/h1-8,11H,9-10H2,(H,19,20)(H,21,22). The van der Waals surface area contributed by atoms with Crippen molar-refractivity contribution < 1.29 is 9.21 Å². The molecule has 1 fully saturated rings. The fraction of sp³-hybridized carbons (Fsp3) is 0.167. The largest absolute Gasteiger partial charge is 0.463 e. The minimum atomic E-state index is -0.0820. The van der Waals surface area contributed by atoms with E-state index in [1.165, 1.54) is 0 Å². The van der Waals surface area contributed by atoms with E-state index in [4.69, 9.17) is 4.42 Å². The van der Waals surface area contributed by atoms with Crippen LogP contribution in [0.4, 0.5) is 0 Å². The van der Waals surface area contributed by atoms with Crippen LogP contribution in [0.25, 0.3) is 22.5 Å². The van der Waals surface area contributed by atoms with Crippen LogP contribution >= 0.6 is 0 Å². The van der Waals surface area contributed by atoms with Crippen LogP contribution in [0.15, 0.2) is 53.1 Å². The van der Waals surface area contributed by atoms with Gasteiger partial charge in [0.2, 0.25) is 0 Å². The maximum Gasteiger partial charge on any atom is 0.274 e. The van der Waals surface area contributed by atoms with Gasteiger partial charge in [-0.2, -0.15) is 5.10 Å². The number of nitrogens with one attached hydrogen (secondary N) is 2. The quantitative estimate of drug-likeness (QED) is 0.603. The van der Waals surface area contributed by atoms with Gasteiger partial charge in [0.15, 0.2) is 11.5 Å². The van der Waals surface area contributed by atoms with Gasteiger partial charge in [0.05, 0.1) is 23.2 Å². The summed E-state index contributed by atoms with van der Waals surface area (Å²) in [5.74, 6) is 1.75. The molecule has 1 saturated heterocycles. The van der Waals surface area contributed by atoms with Crippen LogP contribution in [0, 0.1) is 0 Å². The number of aromatic nitrogens is 4. The molecule has 3 aromatic heterocycles. The number of hydrogen-bond acceptors (Lipinski definition) is 4.